The second-order valence-electron chi connectivity index (χ2n) is 5.71. The number of benzene rings is 1. The fourth-order valence-electron chi connectivity index (χ4n) is 2.39. The smallest absolute Gasteiger partial charge is 0.335 e. The van der Waals surface area contributed by atoms with Crippen LogP contribution in [0.3, 0.4) is 0 Å². The van der Waals surface area contributed by atoms with Crippen molar-refractivity contribution in [3.63, 3.8) is 0 Å². The van der Waals surface area contributed by atoms with Gasteiger partial charge >= 0.3 is 6.03 Å². The molecule has 1 aromatic rings. The number of nitrogens with zero attached hydrogens (tertiary/aromatic N) is 2. The molecule has 142 valence electrons. The lowest BCUT2D eigenvalue weighted by Crippen LogP contribution is -2.48. The Hall–Kier alpha value is -2.32. The van der Waals surface area contributed by atoms with Crippen molar-refractivity contribution in [3.8, 4) is 5.75 Å². The van der Waals surface area contributed by atoms with Crippen LogP contribution in [0.5, 0.6) is 5.75 Å². The highest BCUT2D eigenvalue weighted by molar-refractivity contribution is 6.32. The third kappa shape index (κ3) is 5.34. The quantitative estimate of drug-likeness (QED) is 0.533. The van der Waals surface area contributed by atoms with Crippen molar-refractivity contribution >= 4 is 29.3 Å². The largest absolute Gasteiger partial charge is 0.382 e. The van der Waals surface area contributed by atoms with Crippen LogP contribution in [0.2, 0.25) is 5.02 Å². The highest BCUT2D eigenvalue weighted by atomic mass is 35.5. The number of hydroxylamine groups is 2. The summed E-state index contributed by atoms with van der Waals surface area (Å²) in [4.78, 5) is 28.7. The number of ether oxygens (including phenoxy) is 1. The highest BCUT2D eigenvalue weighted by Gasteiger charge is 2.21. The number of amides is 3. The summed E-state index contributed by atoms with van der Waals surface area (Å²) in [5.74, 6) is 0.141. The Bertz CT molecular complexity index is 695. The fraction of sp³-hybridized carbons (Fsp3) is 0.471. The molecule has 1 heterocycles. The Kier molecular flexibility index (Phi) is 7.23. The van der Waals surface area contributed by atoms with Gasteiger partial charge in [-0.1, -0.05) is 11.6 Å². The molecule has 26 heavy (non-hydrogen) atoms. The standard InChI is InChI=1S/C17H23ClN4O4/c1-4-25-9-5-8-22(12(3)23)26-15-7-6-13(10-14(15)18)16-11(2)19-17(24)21-20-16/h6-7,10-11H,4-5,8-9H2,1-3H3,(H2,19,21,24). The first kappa shape index (κ1) is 20.0. The normalized spacial score (nSPS) is 16.4. The monoisotopic (exact) mass is 382 g/mol. The molecule has 2 N–H and O–H groups in total. The van der Waals surface area contributed by atoms with Crippen LogP contribution in [0.15, 0.2) is 23.3 Å². The van der Waals surface area contributed by atoms with E-state index in [2.05, 4.69) is 15.8 Å². The van der Waals surface area contributed by atoms with E-state index >= 15 is 0 Å². The first-order chi connectivity index (χ1) is 12.4. The van der Waals surface area contributed by atoms with Gasteiger partial charge in [0.25, 0.3) is 5.91 Å². The number of carbonyl (C=O) groups is 2. The van der Waals surface area contributed by atoms with E-state index in [1.54, 1.807) is 18.2 Å². The van der Waals surface area contributed by atoms with Crippen molar-refractivity contribution in [1.29, 1.82) is 0 Å². The Labute approximate surface area is 157 Å². The second kappa shape index (κ2) is 9.40. The van der Waals surface area contributed by atoms with Crippen LogP contribution < -0.4 is 15.6 Å². The molecule has 1 aromatic carbocycles. The molecule has 0 aliphatic carbocycles. The summed E-state index contributed by atoms with van der Waals surface area (Å²) >= 11 is 6.31. The van der Waals surface area contributed by atoms with Crippen LogP contribution >= 0.6 is 11.6 Å². The molecule has 0 aromatic heterocycles. The van der Waals surface area contributed by atoms with E-state index in [9.17, 15) is 9.59 Å². The zero-order valence-corrected chi connectivity index (χ0v) is 15.8. The Morgan fingerprint density at radius 3 is 2.81 bits per heavy atom. The van der Waals surface area contributed by atoms with Gasteiger partial charge in [-0.25, -0.2) is 10.2 Å². The average Bonchev–Trinajstić information content (AvgIpc) is 2.58. The maximum atomic E-state index is 11.8. The number of hydrogen-bond donors (Lipinski definition) is 2. The molecule has 0 saturated heterocycles. The Balaban J connectivity index is 2.08. The third-order valence-electron chi connectivity index (χ3n) is 3.68. The van der Waals surface area contributed by atoms with Crippen LogP contribution in [0.4, 0.5) is 4.79 Å². The summed E-state index contributed by atoms with van der Waals surface area (Å²) < 4.78 is 5.27. The van der Waals surface area contributed by atoms with Gasteiger partial charge in [0.2, 0.25) is 0 Å². The molecule has 0 bridgehead atoms. The van der Waals surface area contributed by atoms with Crippen LogP contribution in [0, 0.1) is 0 Å². The van der Waals surface area contributed by atoms with Gasteiger partial charge in [-0.2, -0.15) is 10.2 Å². The second-order valence-corrected chi connectivity index (χ2v) is 6.12. The van der Waals surface area contributed by atoms with Crippen molar-refractivity contribution in [3.05, 3.63) is 28.8 Å². The number of urea groups is 1. The molecule has 1 unspecified atom stereocenters. The molecular formula is C17H23ClN4O4. The summed E-state index contributed by atoms with van der Waals surface area (Å²) in [6.45, 7) is 6.74. The van der Waals surface area contributed by atoms with Gasteiger partial charge < -0.3 is 14.9 Å². The van der Waals surface area contributed by atoms with Crippen molar-refractivity contribution in [2.75, 3.05) is 19.8 Å². The molecule has 9 heteroatoms. The zero-order valence-electron chi connectivity index (χ0n) is 15.0. The van der Waals surface area contributed by atoms with E-state index in [0.717, 1.165) is 5.56 Å². The van der Waals surface area contributed by atoms with Crippen molar-refractivity contribution in [2.45, 2.75) is 33.2 Å². The molecule has 1 aliphatic rings. The zero-order chi connectivity index (χ0) is 19.1. The maximum absolute atomic E-state index is 11.8. The van der Waals surface area contributed by atoms with E-state index in [1.165, 1.54) is 12.0 Å². The minimum absolute atomic E-state index is 0.223. The molecule has 1 aliphatic heterocycles. The maximum Gasteiger partial charge on any atom is 0.335 e. The van der Waals surface area contributed by atoms with E-state index in [0.29, 0.717) is 42.7 Å². The summed E-state index contributed by atoms with van der Waals surface area (Å²) in [6, 6.07) is 4.52. The lowest BCUT2D eigenvalue weighted by molar-refractivity contribution is -0.155. The number of rotatable bonds is 8. The van der Waals surface area contributed by atoms with Gasteiger partial charge in [0.15, 0.2) is 5.75 Å². The lowest BCUT2D eigenvalue weighted by atomic mass is 10.0. The third-order valence-corrected chi connectivity index (χ3v) is 3.97. The average molecular weight is 383 g/mol. The van der Waals surface area contributed by atoms with E-state index in [1.807, 2.05) is 13.8 Å². The van der Waals surface area contributed by atoms with Gasteiger partial charge in [-0.3, -0.25) is 4.79 Å². The Morgan fingerprint density at radius 2 is 2.19 bits per heavy atom. The number of nitrogens with one attached hydrogen (secondary N) is 2. The minimum atomic E-state index is -0.351. The highest BCUT2D eigenvalue weighted by Crippen LogP contribution is 2.27. The summed E-state index contributed by atoms with van der Waals surface area (Å²) in [5.41, 5.74) is 3.77. The molecule has 2 rings (SSSR count). The molecule has 0 fully saturated rings. The summed E-state index contributed by atoms with van der Waals surface area (Å²) in [5, 5.41) is 8.37. The first-order valence-electron chi connectivity index (χ1n) is 8.40. The Morgan fingerprint density at radius 1 is 1.42 bits per heavy atom. The lowest BCUT2D eigenvalue weighted by Gasteiger charge is -2.23. The predicted molar refractivity (Wildman–Crippen MR) is 98.2 cm³/mol. The molecule has 1 atom stereocenters. The van der Waals surface area contributed by atoms with Gasteiger partial charge in [0.05, 0.1) is 23.3 Å². The molecule has 0 radical (unpaired) electrons. The van der Waals surface area contributed by atoms with Crippen LogP contribution in [0.25, 0.3) is 0 Å². The number of hydrazone groups is 1. The number of carbonyl (C=O) groups excluding carboxylic acids is 2. The molecule has 3 amide bonds. The molecule has 0 spiro atoms. The van der Waals surface area contributed by atoms with E-state index in [4.69, 9.17) is 21.2 Å². The van der Waals surface area contributed by atoms with Crippen molar-refractivity contribution in [2.24, 2.45) is 5.10 Å². The van der Waals surface area contributed by atoms with Crippen LogP contribution in [-0.4, -0.2) is 48.5 Å². The van der Waals surface area contributed by atoms with Gasteiger partial charge in [0.1, 0.15) is 0 Å². The van der Waals surface area contributed by atoms with Crippen molar-refractivity contribution < 1.29 is 19.2 Å². The van der Waals surface area contributed by atoms with Crippen LogP contribution in [0.1, 0.15) is 32.8 Å². The topological polar surface area (TPSA) is 92.3 Å². The first-order valence-corrected chi connectivity index (χ1v) is 8.78. The predicted octanol–water partition coefficient (Wildman–Crippen LogP) is 2.31. The molecule has 8 nitrogen and oxygen atoms in total. The minimum Gasteiger partial charge on any atom is -0.382 e. The number of halogens is 1. The van der Waals surface area contributed by atoms with Gasteiger partial charge in [0, 0.05) is 25.7 Å². The van der Waals surface area contributed by atoms with Gasteiger partial charge in [-0.05, 0) is 38.5 Å². The van der Waals surface area contributed by atoms with Gasteiger partial charge in [-0.15, -0.1) is 0 Å². The SMILES string of the molecule is CCOCCCN(Oc1ccc(C2=NNC(=O)NC2C)cc1Cl)C(C)=O. The number of hydrogen-bond acceptors (Lipinski definition) is 5. The molecule has 0 saturated carbocycles. The fourth-order valence-corrected chi connectivity index (χ4v) is 2.61. The van der Waals surface area contributed by atoms with E-state index < -0.39 is 0 Å². The van der Waals surface area contributed by atoms with E-state index in [-0.39, 0.29) is 18.0 Å². The van der Waals surface area contributed by atoms with Crippen molar-refractivity contribution in [1.82, 2.24) is 15.8 Å². The summed E-state index contributed by atoms with van der Waals surface area (Å²) in [7, 11) is 0. The summed E-state index contributed by atoms with van der Waals surface area (Å²) in [6.07, 6.45) is 0.656. The van der Waals surface area contributed by atoms with Crippen LogP contribution in [-0.2, 0) is 9.53 Å². The molecular weight excluding hydrogens is 360 g/mol.